The number of hydrogen-bond donors (Lipinski definition) is 1. The lowest BCUT2D eigenvalue weighted by atomic mass is 10.2. The minimum atomic E-state index is -0.841. The number of rotatable bonds is 3. The van der Waals surface area contributed by atoms with Gasteiger partial charge >= 0.3 is 5.97 Å². The fraction of sp³-hybridized carbons (Fsp3) is 0.667. The maximum absolute atomic E-state index is 12.1. The molecule has 1 saturated heterocycles. The van der Waals surface area contributed by atoms with Crippen molar-refractivity contribution in [1.29, 1.82) is 0 Å². The van der Waals surface area contributed by atoms with Crippen LogP contribution in [0.3, 0.4) is 0 Å². The Balaban J connectivity index is 1.87. The van der Waals surface area contributed by atoms with E-state index >= 15 is 0 Å². The van der Waals surface area contributed by atoms with Crippen LogP contribution in [0.25, 0.3) is 0 Å². The number of carboxylic acid groups (broad SMARTS) is 1. The Kier molecular flexibility index (Phi) is 4.26. The third-order valence-corrected chi connectivity index (χ3v) is 3.37. The van der Waals surface area contributed by atoms with Crippen molar-refractivity contribution >= 4 is 11.9 Å². The van der Waals surface area contributed by atoms with Gasteiger partial charge in [-0.05, 0) is 6.92 Å². The third-order valence-electron chi connectivity index (χ3n) is 3.37. The van der Waals surface area contributed by atoms with Crippen molar-refractivity contribution in [3.05, 3.63) is 12.0 Å². The Labute approximate surface area is 111 Å². The molecule has 0 radical (unpaired) electrons. The van der Waals surface area contributed by atoms with Gasteiger partial charge in [-0.25, -0.2) is 0 Å². The molecule has 7 nitrogen and oxygen atoms in total. The molecule has 1 atom stereocenters. The number of carbonyl (C=O) groups excluding carboxylic acids is 1. The number of ether oxygens (including phenoxy) is 2. The minimum Gasteiger partial charge on any atom is -0.494 e. The van der Waals surface area contributed by atoms with Crippen LogP contribution in [0.5, 0.6) is 0 Å². The molecular weight excluding hydrogens is 252 g/mol. The molecule has 19 heavy (non-hydrogen) atoms. The van der Waals surface area contributed by atoms with Crippen molar-refractivity contribution < 1.29 is 24.2 Å². The standard InChI is InChI=1S/C12H18N2O5/c1-9(12(16)17)13-2-4-14(5-3-13)11(15)10-8-18-6-7-19-10/h8-9H,2-7H2,1H3,(H,16,17). The van der Waals surface area contributed by atoms with E-state index in [1.165, 1.54) is 6.26 Å². The van der Waals surface area contributed by atoms with Gasteiger partial charge in [-0.3, -0.25) is 14.5 Å². The number of piperazine rings is 1. The van der Waals surface area contributed by atoms with Gasteiger partial charge in [-0.1, -0.05) is 0 Å². The molecule has 2 aliphatic heterocycles. The number of nitrogens with zero attached hydrogens (tertiary/aromatic N) is 2. The molecule has 1 fully saturated rings. The van der Waals surface area contributed by atoms with E-state index in [9.17, 15) is 9.59 Å². The van der Waals surface area contributed by atoms with Crippen molar-refractivity contribution in [2.75, 3.05) is 39.4 Å². The molecule has 0 aromatic carbocycles. The third kappa shape index (κ3) is 3.17. The average Bonchev–Trinajstić information content (AvgIpc) is 2.46. The van der Waals surface area contributed by atoms with Gasteiger partial charge in [0.15, 0.2) is 0 Å². The number of carbonyl (C=O) groups is 2. The van der Waals surface area contributed by atoms with Gasteiger partial charge in [0.25, 0.3) is 5.91 Å². The second-order valence-electron chi connectivity index (χ2n) is 4.54. The molecule has 2 heterocycles. The topological polar surface area (TPSA) is 79.3 Å². The number of carboxylic acids is 1. The Morgan fingerprint density at radius 3 is 2.47 bits per heavy atom. The van der Waals surface area contributed by atoms with E-state index in [1.807, 2.05) is 4.90 Å². The van der Waals surface area contributed by atoms with Crippen molar-refractivity contribution in [3.8, 4) is 0 Å². The smallest absolute Gasteiger partial charge is 0.320 e. The summed E-state index contributed by atoms with van der Waals surface area (Å²) in [6, 6.07) is -0.522. The molecular formula is C12H18N2O5. The van der Waals surface area contributed by atoms with Crippen LogP contribution in [0.15, 0.2) is 12.0 Å². The first-order valence-corrected chi connectivity index (χ1v) is 6.30. The maximum atomic E-state index is 12.1. The van der Waals surface area contributed by atoms with E-state index in [1.54, 1.807) is 11.8 Å². The summed E-state index contributed by atoms with van der Waals surface area (Å²) in [4.78, 5) is 26.5. The number of amides is 1. The van der Waals surface area contributed by atoms with Crippen LogP contribution in [0.4, 0.5) is 0 Å². The summed E-state index contributed by atoms with van der Waals surface area (Å²) in [6.07, 6.45) is 1.35. The number of aliphatic carboxylic acids is 1. The quantitative estimate of drug-likeness (QED) is 0.744. The zero-order valence-corrected chi connectivity index (χ0v) is 10.9. The predicted molar refractivity (Wildman–Crippen MR) is 65.2 cm³/mol. The summed E-state index contributed by atoms with van der Waals surface area (Å²) in [6.45, 7) is 4.59. The van der Waals surface area contributed by atoms with Crippen LogP contribution in [-0.2, 0) is 19.1 Å². The van der Waals surface area contributed by atoms with Crippen LogP contribution < -0.4 is 0 Å². The van der Waals surface area contributed by atoms with Gasteiger partial charge in [-0.15, -0.1) is 0 Å². The lowest BCUT2D eigenvalue weighted by molar-refractivity contribution is -0.144. The van der Waals surface area contributed by atoms with Crippen LogP contribution in [-0.4, -0.2) is 72.2 Å². The highest BCUT2D eigenvalue weighted by Gasteiger charge is 2.29. The summed E-state index contributed by atoms with van der Waals surface area (Å²) in [5.74, 6) is -0.806. The molecule has 0 spiro atoms. The molecule has 2 aliphatic rings. The molecule has 0 aromatic heterocycles. The Hall–Kier alpha value is -1.76. The highest BCUT2D eigenvalue weighted by atomic mass is 16.6. The van der Waals surface area contributed by atoms with E-state index < -0.39 is 12.0 Å². The minimum absolute atomic E-state index is 0.192. The maximum Gasteiger partial charge on any atom is 0.320 e. The summed E-state index contributed by atoms with van der Waals surface area (Å²) >= 11 is 0. The second kappa shape index (κ2) is 5.92. The van der Waals surface area contributed by atoms with Crippen LogP contribution in [0.1, 0.15) is 6.92 Å². The van der Waals surface area contributed by atoms with Gasteiger partial charge in [0.2, 0.25) is 5.76 Å². The first-order chi connectivity index (χ1) is 9.09. The second-order valence-corrected chi connectivity index (χ2v) is 4.54. The van der Waals surface area contributed by atoms with Crippen LogP contribution in [0, 0.1) is 0 Å². The summed E-state index contributed by atoms with van der Waals surface area (Å²) < 4.78 is 10.3. The van der Waals surface area contributed by atoms with E-state index in [4.69, 9.17) is 14.6 Å². The van der Waals surface area contributed by atoms with E-state index in [0.717, 1.165) is 0 Å². The van der Waals surface area contributed by atoms with E-state index in [-0.39, 0.29) is 11.7 Å². The summed E-state index contributed by atoms with van der Waals surface area (Å²) in [7, 11) is 0. The molecule has 0 saturated carbocycles. The lowest BCUT2D eigenvalue weighted by Crippen LogP contribution is -2.53. The SMILES string of the molecule is CC(C(=O)O)N1CCN(C(=O)C2=COCCO2)CC1. The molecule has 2 rings (SSSR count). The molecule has 0 aromatic rings. The zero-order valence-electron chi connectivity index (χ0n) is 10.9. The van der Waals surface area contributed by atoms with E-state index in [0.29, 0.717) is 39.4 Å². The van der Waals surface area contributed by atoms with Crippen molar-refractivity contribution in [3.63, 3.8) is 0 Å². The van der Waals surface area contributed by atoms with Crippen molar-refractivity contribution in [1.82, 2.24) is 9.80 Å². The Morgan fingerprint density at radius 2 is 1.95 bits per heavy atom. The van der Waals surface area contributed by atoms with Crippen LogP contribution in [0.2, 0.25) is 0 Å². The first-order valence-electron chi connectivity index (χ1n) is 6.30. The predicted octanol–water partition coefficient (Wildman–Crippen LogP) is -0.508. The fourth-order valence-electron chi connectivity index (χ4n) is 2.10. The van der Waals surface area contributed by atoms with Crippen LogP contribution >= 0.6 is 0 Å². The average molecular weight is 270 g/mol. The van der Waals surface area contributed by atoms with Gasteiger partial charge in [0.1, 0.15) is 25.5 Å². The molecule has 106 valence electrons. The molecule has 0 aliphatic carbocycles. The monoisotopic (exact) mass is 270 g/mol. The molecule has 0 bridgehead atoms. The Morgan fingerprint density at radius 1 is 1.26 bits per heavy atom. The van der Waals surface area contributed by atoms with Crippen molar-refractivity contribution in [2.45, 2.75) is 13.0 Å². The van der Waals surface area contributed by atoms with Gasteiger partial charge in [-0.2, -0.15) is 0 Å². The zero-order chi connectivity index (χ0) is 13.8. The molecule has 1 unspecified atom stereocenters. The first kappa shape index (κ1) is 13.7. The van der Waals surface area contributed by atoms with Crippen molar-refractivity contribution in [2.24, 2.45) is 0 Å². The van der Waals surface area contributed by atoms with Gasteiger partial charge in [0, 0.05) is 26.2 Å². The number of hydrogen-bond acceptors (Lipinski definition) is 5. The molecule has 1 N–H and O–H groups in total. The van der Waals surface area contributed by atoms with Gasteiger partial charge in [0.05, 0.1) is 0 Å². The largest absolute Gasteiger partial charge is 0.494 e. The molecule has 7 heteroatoms. The van der Waals surface area contributed by atoms with Gasteiger partial charge < -0.3 is 19.5 Å². The normalized spacial score (nSPS) is 21.9. The van der Waals surface area contributed by atoms with E-state index in [2.05, 4.69) is 0 Å². The summed E-state index contributed by atoms with van der Waals surface area (Å²) in [5, 5.41) is 8.95. The fourth-order valence-corrected chi connectivity index (χ4v) is 2.10. The highest BCUT2D eigenvalue weighted by Crippen LogP contribution is 2.12. The highest BCUT2D eigenvalue weighted by molar-refractivity contribution is 5.91. The molecule has 1 amide bonds. The Bertz CT molecular complexity index is 388. The lowest BCUT2D eigenvalue weighted by Gasteiger charge is -2.36. The summed E-state index contributed by atoms with van der Waals surface area (Å²) in [5.41, 5.74) is 0.